The summed E-state index contributed by atoms with van der Waals surface area (Å²) in [6.07, 6.45) is -0.231. The van der Waals surface area contributed by atoms with Crippen molar-refractivity contribution in [3.05, 3.63) is 0 Å². The van der Waals surface area contributed by atoms with E-state index in [1.807, 2.05) is 5.32 Å². The van der Waals surface area contributed by atoms with Crippen molar-refractivity contribution in [1.82, 2.24) is 10.6 Å². The van der Waals surface area contributed by atoms with Crippen LogP contribution in [-0.2, 0) is 15.0 Å². The van der Waals surface area contributed by atoms with E-state index in [-0.39, 0.29) is 12.3 Å². The van der Waals surface area contributed by atoms with E-state index in [2.05, 4.69) is 15.3 Å². The second kappa shape index (κ2) is 3.80. The van der Waals surface area contributed by atoms with Crippen molar-refractivity contribution in [3.8, 4) is 0 Å². The molecule has 0 aromatic carbocycles. The van der Waals surface area contributed by atoms with Crippen LogP contribution in [0.15, 0.2) is 5.16 Å². The first-order valence-corrected chi connectivity index (χ1v) is 5.03. The average molecular weight is 222 g/mol. The van der Waals surface area contributed by atoms with Gasteiger partial charge in [0.15, 0.2) is 5.84 Å². The Morgan fingerprint density at radius 1 is 1.64 bits per heavy atom. The molecule has 1 fully saturated rings. The highest BCUT2D eigenvalue weighted by molar-refractivity contribution is 7.86. The fourth-order valence-electron chi connectivity index (χ4n) is 0.936. The number of carbonyl (C=O) groups excluding carboxylic acids is 1. The van der Waals surface area contributed by atoms with Crippen LogP contribution in [0.5, 0.6) is 0 Å². The van der Waals surface area contributed by atoms with Gasteiger partial charge in [0.25, 0.3) is 0 Å². The summed E-state index contributed by atoms with van der Waals surface area (Å²) in [6, 6.07) is -0.795. The lowest BCUT2D eigenvalue weighted by Gasteiger charge is -2.26. The number of hydrogen-bond donors (Lipinski definition) is 2. The lowest BCUT2D eigenvalue weighted by Crippen LogP contribution is -2.55. The number of rotatable bonds is 2. The fourth-order valence-corrected chi connectivity index (χ4v) is 1.55. The molecule has 1 atom stereocenters. The van der Waals surface area contributed by atoms with Crippen molar-refractivity contribution in [3.63, 3.8) is 0 Å². The maximum Gasteiger partial charge on any atom is 0.321 e. The number of amides is 2. The van der Waals surface area contributed by atoms with Crippen molar-refractivity contribution in [2.75, 3.05) is 7.11 Å². The summed E-state index contributed by atoms with van der Waals surface area (Å²) in [6.45, 7) is 0. The summed E-state index contributed by atoms with van der Waals surface area (Å²) in [5.74, 6) is 0.000625. The van der Waals surface area contributed by atoms with Crippen molar-refractivity contribution in [2.24, 2.45) is 5.16 Å². The molecule has 80 valence electrons. The molecule has 1 rings (SSSR count). The van der Waals surface area contributed by atoms with Crippen molar-refractivity contribution < 1.29 is 22.6 Å². The molecule has 1 aliphatic rings. The van der Waals surface area contributed by atoms with Crippen LogP contribution in [0.3, 0.4) is 0 Å². The molecule has 0 saturated carbocycles. The first-order valence-electron chi connectivity index (χ1n) is 3.55. The molecule has 2 amide bonds. The quantitative estimate of drug-likeness (QED) is 0.436. The third kappa shape index (κ3) is 2.57. The molecule has 9 heteroatoms. The molecule has 2 N–H and O–H groups in total. The van der Waals surface area contributed by atoms with Gasteiger partial charge in [-0.3, -0.25) is 5.32 Å². The van der Waals surface area contributed by atoms with Crippen LogP contribution in [0.25, 0.3) is 0 Å². The predicted molar refractivity (Wildman–Crippen MR) is 44.2 cm³/mol. The van der Waals surface area contributed by atoms with E-state index in [1.54, 1.807) is 0 Å². The standard InChI is InChI=1S/C5H9N3O5S/c1-13-8-3-2-4(14(10,11)12)7-5(9)6-3/h4H,2H2,1H3,(H,10,11,12)(H2,6,7,8,9)/p-1. The second-order valence-electron chi connectivity index (χ2n) is 2.50. The molecule has 8 nitrogen and oxygen atoms in total. The molecular formula is C5H8N3O5S-. The number of hydrogen-bond acceptors (Lipinski definition) is 6. The lowest BCUT2D eigenvalue weighted by molar-refractivity contribution is 0.208. The molecule has 1 saturated heterocycles. The highest BCUT2D eigenvalue weighted by Crippen LogP contribution is 2.05. The van der Waals surface area contributed by atoms with Gasteiger partial charge >= 0.3 is 6.03 Å². The minimum absolute atomic E-state index is 0.000625. The Morgan fingerprint density at radius 3 is 2.79 bits per heavy atom. The van der Waals surface area contributed by atoms with E-state index in [4.69, 9.17) is 0 Å². The molecule has 0 radical (unpaired) electrons. The zero-order chi connectivity index (χ0) is 10.8. The maximum absolute atomic E-state index is 10.8. The molecule has 1 aliphatic heterocycles. The summed E-state index contributed by atoms with van der Waals surface area (Å²) >= 11 is 0. The number of amidine groups is 1. The normalized spacial score (nSPS) is 25.4. The highest BCUT2D eigenvalue weighted by atomic mass is 32.2. The minimum atomic E-state index is -4.57. The van der Waals surface area contributed by atoms with Crippen LogP contribution in [0.2, 0.25) is 0 Å². The number of nitrogens with zero attached hydrogens (tertiary/aromatic N) is 1. The Balaban J connectivity index is 2.84. The maximum atomic E-state index is 10.8. The summed E-state index contributed by atoms with van der Waals surface area (Å²) in [5, 5.41) is 5.99. The predicted octanol–water partition coefficient (Wildman–Crippen LogP) is -1.48. The van der Waals surface area contributed by atoms with Gasteiger partial charge in [-0.25, -0.2) is 13.2 Å². The molecular weight excluding hydrogens is 214 g/mol. The first-order chi connectivity index (χ1) is 6.43. The molecule has 0 bridgehead atoms. The number of carbonyl (C=O) groups is 1. The van der Waals surface area contributed by atoms with Crippen LogP contribution in [0.1, 0.15) is 6.42 Å². The Kier molecular flexibility index (Phi) is 2.91. The van der Waals surface area contributed by atoms with Gasteiger partial charge in [0, 0.05) is 6.42 Å². The first kappa shape index (κ1) is 10.7. The fraction of sp³-hybridized carbons (Fsp3) is 0.600. The van der Waals surface area contributed by atoms with Gasteiger partial charge in [-0.2, -0.15) is 0 Å². The van der Waals surface area contributed by atoms with Crippen molar-refractivity contribution in [1.29, 1.82) is 0 Å². The van der Waals surface area contributed by atoms with E-state index in [9.17, 15) is 17.8 Å². The van der Waals surface area contributed by atoms with Crippen LogP contribution in [-0.4, -0.2) is 37.3 Å². The van der Waals surface area contributed by atoms with Gasteiger partial charge in [0.1, 0.15) is 22.6 Å². The van der Waals surface area contributed by atoms with E-state index < -0.39 is 21.5 Å². The van der Waals surface area contributed by atoms with E-state index in [0.29, 0.717) is 0 Å². The Morgan fingerprint density at radius 2 is 2.29 bits per heavy atom. The van der Waals surface area contributed by atoms with Crippen LogP contribution < -0.4 is 10.6 Å². The topological polar surface area (TPSA) is 120 Å². The van der Waals surface area contributed by atoms with Gasteiger partial charge in [-0.1, -0.05) is 5.16 Å². The van der Waals surface area contributed by atoms with Gasteiger partial charge in [-0.05, 0) is 0 Å². The number of oxime groups is 1. The van der Waals surface area contributed by atoms with Gasteiger partial charge < -0.3 is 14.7 Å². The van der Waals surface area contributed by atoms with Crippen molar-refractivity contribution in [2.45, 2.75) is 11.8 Å². The van der Waals surface area contributed by atoms with Gasteiger partial charge in [-0.15, -0.1) is 0 Å². The largest absolute Gasteiger partial charge is 0.746 e. The monoisotopic (exact) mass is 222 g/mol. The third-order valence-electron chi connectivity index (χ3n) is 1.48. The zero-order valence-electron chi connectivity index (χ0n) is 7.18. The smallest absolute Gasteiger partial charge is 0.321 e. The number of nitrogens with one attached hydrogen (secondary N) is 2. The Bertz CT molecular complexity index is 362. The molecule has 0 aromatic rings. The van der Waals surface area contributed by atoms with Crippen molar-refractivity contribution >= 4 is 22.0 Å². The molecule has 14 heavy (non-hydrogen) atoms. The number of urea groups is 1. The van der Waals surface area contributed by atoms with E-state index in [1.165, 1.54) is 7.11 Å². The van der Waals surface area contributed by atoms with Gasteiger partial charge in [0.2, 0.25) is 0 Å². The zero-order valence-corrected chi connectivity index (χ0v) is 8.00. The van der Waals surface area contributed by atoms with Crippen LogP contribution >= 0.6 is 0 Å². The third-order valence-corrected chi connectivity index (χ3v) is 2.46. The highest BCUT2D eigenvalue weighted by Gasteiger charge is 2.27. The summed E-state index contributed by atoms with van der Waals surface area (Å²) in [4.78, 5) is 15.2. The lowest BCUT2D eigenvalue weighted by atomic mass is 10.3. The minimum Gasteiger partial charge on any atom is -0.746 e. The molecule has 0 aliphatic carbocycles. The van der Waals surface area contributed by atoms with Gasteiger partial charge in [0.05, 0.1) is 0 Å². The molecule has 0 spiro atoms. The molecule has 0 aromatic heterocycles. The average Bonchev–Trinajstić information content (AvgIpc) is 2.02. The second-order valence-corrected chi connectivity index (χ2v) is 4.06. The Labute approximate surface area is 80.0 Å². The van der Waals surface area contributed by atoms with E-state index in [0.717, 1.165) is 0 Å². The van der Waals surface area contributed by atoms with E-state index >= 15 is 0 Å². The van der Waals surface area contributed by atoms with Crippen LogP contribution in [0, 0.1) is 0 Å². The molecule has 1 unspecified atom stereocenters. The SMILES string of the molecule is CO/N=C1/CC(S(=O)(=O)[O-])NC(=O)N1. The summed E-state index contributed by atoms with van der Waals surface area (Å²) < 4.78 is 31.8. The summed E-state index contributed by atoms with van der Waals surface area (Å²) in [7, 11) is -3.33. The Hall–Kier alpha value is -1.35. The van der Waals surface area contributed by atoms with Crippen LogP contribution in [0.4, 0.5) is 4.79 Å². The summed E-state index contributed by atoms with van der Waals surface area (Å²) in [5.41, 5.74) is 0. The molecule has 1 heterocycles.